The normalized spacial score (nSPS) is 22.5. The van der Waals surface area contributed by atoms with Gasteiger partial charge in [-0.1, -0.05) is 6.92 Å². The van der Waals surface area contributed by atoms with Crippen LogP contribution in [0.3, 0.4) is 0 Å². The zero-order chi connectivity index (χ0) is 12.2. The number of amides is 1. The van der Waals surface area contributed by atoms with Crippen molar-refractivity contribution in [2.45, 2.75) is 25.8 Å². The second-order valence-electron chi connectivity index (χ2n) is 4.20. The maximum atomic E-state index is 11.3. The van der Waals surface area contributed by atoms with Crippen molar-refractivity contribution in [3.05, 3.63) is 0 Å². The third-order valence-electron chi connectivity index (χ3n) is 2.91. The molecule has 1 heterocycles. The largest absolute Gasteiger partial charge is 0.344 e. The van der Waals surface area contributed by atoms with E-state index in [4.69, 9.17) is 0 Å². The first-order valence-corrected chi connectivity index (χ1v) is 7.44. The molecule has 0 aromatic heterocycles. The molecule has 0 aromatic rings. The van der Waals surface area contributed by atoms with Gasteiger partial charge in [0, 0.05) is 38.4 Å². The third kappa shape index (κ3) is 4.09. The average molecular weight is 248 g/mol. The molecular formula is C10H20N2O3S. The number of likely N-dealkylation sites (tertiary alicyclic amines) is 1. The molecule has 1 N–H and O–H groups in total. The first-order chi connectivity index (χ1) is 7.44. The van der Waals surface area contributed by atoms with E-state index in [0.717, 1.165) is 6.42 Å². The van der Waals surface area contributed by atoms with Gasteiger partial charge in [0.15, 0.2) is 9.84 Å². The molecule has 16 heavy (non-hydrogen) atoms. The van der Waals surface area contributed by atoms with Gasteiger partial charge in [0.1, 0.15) is 0 Å². The number of likely N-dealkylation sites (N-methyl/N-ethyl adjacent to an activating group) is 1. The molecule has 1 saturated heterocycles. The van der Waals surface area contributed by atoms with E-state index in [-0.39, 0.29) is 23.5 Å². The molecule has 0 spiro atoms. The van der Waals surface area contributed by atoms with Crippen LogP contribution in [0, 0.1) is 0 Å². The molecule has 1 unspecified atom stereocenters. The van der Waals surface area contributed by atoms with Gasteiger partial charge in [-0.2, -0.15) is 0 Å². The summed E-state index contributed by atoms with van der Waals surface area (Å²) in [6.45, 7) is 2.80. The van der Waals surface area contributed by atoms with Crippen molar-refractivity contribution in [2.75, 3.05) is 31.6 Å². The molecular weight excluding hydrogens is 228 g/mol. The highest BCUT2D eigenvalue weighted by molar-refractivity contribution is 7.91. The Morgan fingerprint density at radius 1 is 1.50 bits per heavy atom. The molecule has 94 valence electrons. The van der Waals surface area contributed by atoms with Gasteiger partial charge in [-0.15, -0.1) is 0 Å². The summed E-state index contributed by atoms with van der Waals surface area (Å²) < 4.78 is 22.5. The SMILES string of the molecule is CCS(=O)(=O)CCNC1CCC(=O)N(C)C1. The van der Waals surface area contributed by atoms with E-state index in [2.05, 4.69) is 5.32 Å². The van der Waals surface area contributed by atoms with E-state index in [1.54, 1.807) is 18.9 Å². The Hall–Kier alpha value is -0.620. The number of nitrogens with one attached hydrogen (secondary N) is 1. The van der Waals surface area contributed by atoms with E-state index in [0.29, 0.717) is 19.5 Å². The Morgan fingerprint density at radius 3 is 2.75 bits per heavy atom. The summed E-state index contributed by atoms with van der Waals surface area (Å²) >= 11 is 0. The minimum absolute atomic E-state index is 0.166. The lowest BCUT2D eigenvalue weighted by atomic mass is 10.1. The lowest BCUT2D eigenvalue weighted by Gasteiger charge is -2.30. The quantitative estimate of drug-likeness (QED) is 0.721. The molecule has 0 aliphatic carbocycles. The molecule has 0 bridgehead atoms. The molecule has 1 aliphatic heterocycles. The van der Waals surface area contributed by atoms with Gasteiger partial charge >= 0.3 is 0 Å². The van der Waals surface area contributed by atoms with Crippen LogP contribution < -0.4 is 5.32 Å². The van der Waals surface area contributed by atoms with Crippen molar-refractivity contribution in [1.82, 2.24) is 10.2 Å². The molecule has 1 rings (SSSR count). The van der Waals surface area contributed by atoms with Crippen LogP contribution in [0.4, 0.5) is 0 Å². The predicted molar refractivity (Wildman–Crippen MR) is 63.0 cm³/mol. The first-order valence-electron chi connectivity index (χ1n) is 5.62. The maximum absolute atomic E-state index is 11.3. The van der Waals surface area contributed by atoms with Gasteiger partial charge in [-0.3, -0.25) is 4.79 Å². The molecule has 1 atom stereocenters. The first kappa shape index (κ1) is 13.4. The number of nitrogens with zero attached hydrogens (tertiary/aromatic N) is 1. The van der Waals surface area contributed by atoms with Crippen LogP contribution in [0.15, 0.2) is 0 Å². The highest BCUT2D eigenvalue weighted by Gasteiger charge is 2.22. The second kappa shape index (κ2) is 5.63. The highest BCUT2D eigenvalue weighted by atomic mass is 32.2. The number of carbonyl (C=O) groups excluding carboxylic acids is 1. The Morgan fingerprint density at radius 2 is 2.19 bits per heavy atom. The maximum Gasteiger partial charge on any atom is 0.222 e. The lowest BCUT2D eigenvalue weighted by Crippen LogP contribution is -2.47. The average Bonchev–Trinajstić information content (AvgIpc) is 2.23. The van der Waals surface area contributed by atoms with Crippen LogP contribution in [0.2, 0.25) is 0 Å². The molecule has 0 saturated carbocycles. The van der Waals surface area contributed by atoms with E-state index in [9.17, 15) is 13.2 Å². The van der Waals surface area contributed by atoms with Gasteiger partial charge in [-0.05, 0) is 6.42 Å². The molecule has 0 aromatic carbocycles. The minimum atomic E-state index is -2.89. The fourth-order valence-electron chi connectivity index (χ4n) is 1.74. The molecule has 1 fully saturated rings. The van der Waals surface area contributed by atoms with Crippen molar-refractivity contribution in [2.24, 2.45) is 0 Å². The molecule has 1 aliphatic rings. The van der Waals surface area contributed by atoms with Gasteiger partial charge in [0.25, 0.3) is 0 Å². The van der Waals surface area contributed by atoms with Crippen LogP contribution in [-0.4, -0.2) is 56.9 Å². The summed E-state index contributed by atoms with van der Waals surface area (Å²) in [6.07, 6.45) is 1.35. The minimum Gasteiger partial charge on any atom is -0.344 e. The van der Waals surface area contributed by atoms with Gasteiger partial charge < -0.3 is 10.2 Å². The summed E-state index contributed by atoms with van der Waals surface area (Å²) in [6, 6.07) is 0.231. The smallest absolute Gasteiger partial charge is 0.222 e. The molecule has 6 heteroatoms. The van der Waals surface area contributed by atoms with Crippen molar-refractivity contribution < 1.29 is 13.2 Å². The zero-order valence-corrected chi connectivity index (χ0v) is 10.7. The fourth-order valence-corrected chi connectivity index (χ4v) is 2.46. The summed E-state index contributed by atoms with van der Waals surface area (Å²) in [7, 11) is -1.11. The number of sulfone groups is 1. The van der Waals surface area contributed by atoms with Gasteiger partial charge in [-0.25, -0.2) is 8.42 Å². The van der Waals surface area contributed by atoms with Crippen molar-refractivity contribution in [3.8, 4) is 0 Å². The van der Waals surface area contributed by atoms with Gasteiger partial charge in [0.05, 0.1) is 5.75 Å². The standard InChI is InChI=1S/C10H20N2O3S/c1-3-16(14,15)7-6-11-9-4-5-10(13)12(2)8-9/h9,11H,3-8H2,1-2H3. The van der Waals surface area contributed by atoms with Crippen LogP contribution in [0.25, 0.3) is 0 Å². The number of rotatable bonds is 5. The summed E-state index contributed by atoms with van der Waals surface area (Å²) in [4.78, 5) is 12.9. The Balaban J connectivity index is 2.27. The Labute approximate surface area is 97.1 Å². The summed E-state index contributed by atoms with van der Waals surface area (Å²) in [5.41, 5.74) is 0. The van der Waals surface area contributed by atoms with Crippen molar-refractivity contribution in [3.63, 3.8) is 0 Å². The van der Waals surface area contributed by atoms with Crippen LogP contribution >= 0.6 is 0 Å². The zero-order valence-electron chi connectivity index (χ0n) is 9.90. The van der Waals surface area contributed by atoms with Gasteiger partial charge in [0.2, 0.25) is 5.91 Å². The molecule has 1 amide bonds. The Kier molecular flexibility index (Phi) is 4.73. The molecule has 5 nitrogen and oxygen atoms in total. The van der Waals surface area contributed by atoms with E-state index in [1.807, 2.05) is 0 Å². The summed E-state index contributed by atoms with van der Waals surface area (Å²) in [5, 5.41) is 3.19. The highest BCUT2D eigenvalue weighted by Crippen LogP contribution is 2.09. The topological polar surface area (TPSA) is 66.5 Å². The number of piperidine rings is 1. The molecule has 0 radical (unpaired) electrons. The monoisotopic (exact) mass is 248 g/mol. The number of carbonyl (C=O) groups is 1. The van der Waals surface area contributed by atoms with E-state index < -0.39 is 9.84 Å². The Bertz CT molecular complexity index is 340. The van der Waals surface area contributed by atoms with Crippen LogP contribution in [0.1, 0.15) is 19.8 Å². The lowest BCUT2D eigenvalue weighted by molar-refractivity contribution is -0.132. The third-order valence-corrected chi connectivity index (χ3v) is 4.62. The van der Waals surface area contributed by atoms with E-state index >= 15 is 0 Å². The number of hydrogen-bond acceptors (Lipinski definition) is 4. The predicted octanol–water partition coefficient (Wildman–Crippen LogP) is -0.368. The van der Waals surface area contributed by atoms with Crippen LogP contribution in [-0.2, 0) is 14.6 Å². The van der Waals surface area contributed by atoms with E-state index in [1.165, 1.54) is 0 Å². The van der Waals surface area contributed by atoms with Crippen LogP contribution in [0.5, 0.6) is 0 Å². The fraction of sp³-hybridized carbons (Fsp3) is 0.900. The van der Waals surface area contributed by atoms with Crippen molar-refractivity contribution in [1.29, 1.82) is 0 Å². The summed E-state index contributed by atoms with van der Waals surface area (Å²) in [5.74, 6) is 0.536. The number of hydrogen-bond donors (Lipinski definition) is 1. The second-order valence-corrected chi connectivity index (χ2v) is 6.67. The van der Waals surface area contributed by atoms with Crippen molar-refractivity contribution >= 4 is 15.7 Å².